The fourth-order valence-electron chi connectivity index (χ4n) is 10.1. The standard InChI is InChI=1S/C33H56O/c1-21(2)29(5,6)23(4)20-22(3)24-14-18-33(11)26-12-13-27-30(7,8)28(34)16-17-31(27,9)25(26)15-19-32(24,33)10/h15,22-24,26-28,34H,1,12-14,16-20H2,2-11H3/t22-,23?,24-,26-,27+,28+,31-,32-,33+/m1/s1. The maximum Gasteiger partial charge on any atom is 0.0594 e. The molecule has 0 aliphatic heterocycles. The van der Waals surface area contributed by atoms with Crippen molar-refractivity contribution in [2.75, 3.05) is 0 Å². The lowest BCUT2D eigenvalue weighted by atomic mass is 9.41. The van der Waals surface area contributed by atoms with Gasteiger partial charge in [-0.15, -0.1) is 0 Å². The first-order valence-corrected chi connectivity index (χ1v) is 14.6. The Morgan fingerprint density at radius 1 is 1.03 bits per heavy atom. The first-order chi connectivity index (χ1) is 15.5. The third-order valence-corrected chi connectivity index (χ3v) is 13.6. The summed E-state index contributed by atoms with van der Waals surface area (Å²) in [6.45, 7) is 29.0. The summed E-state index contributed by atoms with van der Waals surface area (Å²) in [6, 6.07) is 0. The van der Waals surface area contributed by atoms with E-state index >= 15 is 0 Å². The Bertz CT molecular complexity index is 847. The molecule has 0 spiro atoms. The van der Waals surface area contributed by atoms with Gasteiger partial charge < -0.3 is 5.11 Å². The van der Waals surface area contributed by atoms with Crippen molar-refractivity contribution in [3.63, 3.8) is 0 Å². The van der Waals surface area contributed by atoms with Crippen LogP contribution in [-0.4, -0.2) is 11.2 Å². The van der Waals surface area contributed by atoms with E-state index in [0.717, 1.165) is 24.2 Å². The van der Waals surface area contributed by atoms with E-state index in [1.54, 1.807) is 5.57 Å². The molecule has 0 amide bonds. The fourth-order valence-corrected chi connectivity index (χ4v) is 10.1. The maximum absolute atomic E-state index is 10.9. The summed E-state index contributed by atoms with van der Waals surface area (Å²) in [7, 11) is 0. The van der Waals surface area contributed by atoms with Gasteiger partial charge in [-0.3, -0.25) is 0 Å². The van der Waals surface area contributed by atoms with E-state index in [4.69, 9.17) is 0 Å². The number of aliphatic hydroxyl groups is 1. The highest BCUT2D eigenvalue weighted by Crippen LogP contribution is 2.73. The zero-order valence-corrected chi connectivity index (χ0v) is 24.4. The maximum atomic E-state index is 10.9. The summed E-state index contributed by atoms with van der Waals surface area (Å²) < 4.78 is 0. The summed E-state index contributed by atoms with van der Waals surface area (Å²) in [5.41, 5.74) is 4.46. The molecule has 34 heavy (non-hydrogen) atoms. The molecule has 0 heterocycles. The van der Waals surface area contributed by atoms with Crippen molar-refractivity contribution in [2.45, 2.75) is 127 Å². The lowest BCUT2D eigenvalue weighted by molar-refractivity contribution is -0.118. The van der Waals surface area contributed by atoms with E-state index in [2.05, 4.69) is 81.9 Å². The summed E-state index contributed by atoms with van der Waals surface area (Å²) in [5, 5.41) is 10.9. The molecule has 4 rings (SSSR count). The van der Waals surface area contributed by atoms with E-state index in [1.807, 2.05) is 0 Å². The van der Waals surface area contributed by atoms with Gasteiger partial charge in [0.15, 0.2) is 0 Å². The van der Waals surface area contributed by atoms with Crippen molar-refractivity contribution in [1.29, 1.82) is 0 Å². The monoisotopic (exact) mass is 468 g/mol. The molecule has 194 valence electrons. The van der Waals surface area contributed by atoms with Gasteiger partial charge in [-0.2, -0.15) is 0 Å². The van der Waals surface area contributed by atoms with Crippen LogP contribution in [0.2, 0.25) is 0 Å². The molecular formula is C33H56O. The van der Waals surface area contributed by atoms with E-state index in [-0.39, 0.29) is 22.3 Å². The number of hydrogen-bond acceptors (Lipinski definition) is 1. The molecule has 1 N–H and O–H groups in total. The summed E-state index contributed by atoms with van der Waals surface area (Å²) in [6.07, 6.45) is 12.7. The van der Waals surface area contributed by atoms with Gasteiger partial charge in [0.1, 0.15) is 0 Å². The van der Waals surface area contributed by atoms with Gasteiger partial charge in [0.2, 0.25) is 0 Å². The predicted octanol–water partition coefficient (Wildman–Crippen LogP) is 9.22. The number of fused-ring (bicyclic) bond motifs is 5. The normalized spacial score (nSPS) is 45.4. The van der Waals surface area contributed by atoms with Crippen molar-refractivity contribution < 1.29 is 5.11 Å². The van der Waals surface area contributed by atoms with Crippen LogP contribution in [0.1, 0.15) is 121 Å². The minimum atomic E-state index is -0.144. The van der Waals surface area contributed by atoms with Gasteiger partial charge in [0, 0.05) is 0 Å². The quantitative estimate of drug-likeness (QED) is 0.399. The second-order valence-electron chi connectivity index (χ2n) is 15.4. The van der Waals surface area contributed by atoms with Crippen molar-refractivity contribution in [3.8, 4) is 0 Å². The van der Waals surface area contributed by atoms with Gasteiger partial charge in [-0.05, 0) is 115 Å². The second-order valence-corrected chi connectivity index (χ2v) is 15.4. The van der Waals surface area contributed by atoms with Gasteiger partial charge in [-0.25, -0.2) is 0 Å². The molecule has 4 aliphatic rings. The van der Waals surface area contributed by atoms with Crippen LogP contribution in [0.15, 0.2) is 23.8 Å². The second kappa shape index (κ2) is 8.22. The van der Waals surface area contributed by atoms with Gasteiger partial charge in [-0.1, -0.05) is 86.1 Å². The minimum absolute atomic E-state index is 0.0272. The van der Waals surface area contributed by atoms with Crippen LogP contribution in [0.25, 0.3) is 0 Å². The highest BCUT2D eigenvalue weighted by Gasteiger charge is 2.65. The van der Waals surface area contributed by atoms with Crippen LogP contribution in [0.4, 0.5) is 0 Å². The molecule has 0 radical (unpaired) electrons. The average molecular weight is 469 g/mol. The molecule has 1 heteroatoms. The van der Waals surface area contributed by atoms with Gasteiger partial charge >= 0.3 is 0 Å². The zero-order valence-electron chi connectivity index (χ0n) is 24.4. The minimum Gasteiger partial charge on any atom is -0.393 e. The van der Waals surface area contributed by atoms with Crippen molar-refractivity contribution >= 4 is 0 Å². The summed E-state index contributed by atoms with van der Waals surface area (Å²) in [4.78, 5) is 0. The Morgan fingerprint density at radius 2 is 1.68 bits per heavy atom. The Morgan fingerprint density at radius 3 is 2.29 bits per heavy atom. The highest BCUT2D eigenvalue weighted by atomic mass is 16.3. The zero-order chi connectivity index (χ0) is 25.5. The fraction of sp³-hybridized carbons (Fsp3) is 0.879. The molecule has 4 aliphatic carbocycles. The molecule has 3 saturated carbocycles. The first kappa shape index (κ1) is 26.5. The van der Waals surface area contributed by atoms with Crippen LogP contribution >= 0.6 is 0 Å². The lowest BCUT2D eigenvalue weighted by Crippen LogP contribution is -2.57. The van der Waals surface area contributed by atoms with Crippen LogP contribution in [-0.2, 0) is 0 Å². The van der Waals surface area contributed by atoms with Crippen molar-refractivity contribution in [3.05, 3.63) is 23.8 Å². The van der Waals surface area contributed by atoms with Crippen LogP contribution in [0.3, 0.4) is 0 Å². The SMILES string of the molecule is C=C(C)C(C)(C)C(C)C[C@@H](C)[C@H]1CC[C@@]2(C)[C@@H]3CC[C@H]4C(C)(C)[C@@H](O)CC[C@]4(C)C3=CC[C@]12C. The molecule has 0 aromatic heterocycles. The van der Waals surface area contributed by atoms with Crippen LogP contribution in [0.5, 0.6) is 0 Å². The average Bonchev–Trinajstić information content (AvgIpc) is 3.02. The lowest BCUT2D eigenvalue weighted by Gasteiger charge is -2.64. The molecule has 0 aromatic carbocycles. The van der Waals surface area contributed by atoms with Gasteiger partial charge in [0.25, 0.3) is 0 Å². The van der Waals surface area contributed by atoms with E-state index in [9.17, 15) is 5.11 Å². The summed E-state index contributed by atoms with van der Waals surface area (Å²) in [5.74, 6) is 3.58. The third kappa shape index (κ3) is 3.48. The van der Waals surface area contributed by atoms with E-state index in [1.165, 1.54) is 50.5 Å². The highest BCUT2D eigenvalue weighted by molar-refractivity contribution is 5.32. The van der Waals surface area contributed by atoms with Crippen molar-refractivity contribution in [2.24, 2.45) is 56.7 Å². The van der Waals surface area contributed by atoms with E-state index in [0.29, 0.717) is 22.7 Å². The molecule has 3 fully saturated rings. The number of hydrogen-bond donors (Lipinski definition) is 1. The van der Waals surface area contributed by atoms with Crippen LogP contribution in [0, 0.1) is 56.7 Å². The van der Waals surface area contributed by atoms with Gasteiger partial charge in [0.05, 0.1) is 6.10 Å². The Labute approximate surface area is 212 Å². The van der Waals surface area contributed by atoms with Crippen molar-refractivity contribution in [1.82, 2.24) is 0 Å². The molecule has 9 atom stereocenters. The number of allylic oxidation sites excluding steroid dienone is 3. The predicted molar refractivity (Wildman–Crippen MR) is 147 cm³/mol. The number of rotatable bonds is 5. The molecule has 0 saturated heterocycles. The Balaban J connectivity index is 1.62. The molecule has 1 unspecified atom stereocenters. The largest absolute Gasteiger partial charge is 0.393 e. The molecule has 0 bridgehead atoms. The third-order valence-electron chi connectivity index (χ3n) is 13.6. The smallest absolute Gasteiger partial charge is 0.0594 e. The first-order valence-electron chi connectivity index (χ1n) is 14.6. The number of aliphatic hydroxyl groups excluding tert-OH is 1. The molecule has 0 aromatic rings. The van der Waals surface area contributed by atoms with Crippen LogP contribution < -0.4 is 0 Å². The molecular weight excluding hydrogens is 412 g/mol. The topological polar surface area (TPSA) is 20.2 Å². The Hall–Kier alpha value is -0.560. The van der Waals surface area contributed by atoms with E-state index < -0.39 is 0 Å². The summed E-state index contributed by atoms with van der Waals surface area (Å²) >= 11 is 0. The Kier molecular flexibility index (Phi) is 6.41. The molecule has 1 nitrogen and oxygen atoms in total.